The van der Waals surface area contributed by atoms with E-state index in [4.69, 9.17) is 5.73 Å². The van der Waals surface area contributed by atoms with E-state index in [-0.39, 0.29) is 52.9 Å². The van der Waals surface area contributed by atoms with Crippen LogP contribution in [0.1, 0.15) is 11.1 Å². The fourth-order valence-electron chi connectivity index (χ4n) is 9.51. The molecule has 0 atom stereocenters. The second kappa shape index (κ2) is 28.1. The molecule has 44 heteroatoms. The van der Waals surface area contributed by atoms with Gasteiger partial charge in [0.15, 0.2) is 11.5 Å². The van der Waals surface area contributed by atoms with Crippen molar-refractivity contribution in [3.63, 3.8) is 0 Å². The molecule has 2 heterocycles. The van der Waals surface area contributed by atoms with Crippen LogP contribution in [0.2, 0.25) is 0 Å². The number of hydrogen-bond acceptors (Lipinski definition) is 32. The summed E-state index contributed by atoms with van der Waals surface area (Å²) in [4.78, 5) is 20.6. The molecular formula is C56H48N16O22S6. The van der Waals surface area contributed by atoms with Crippen LogP contribution in [0, 0.1) is 0 Å². The molecule has 2 aromatic heterocycles. The van der Waals surface area contributed by atoms with Gasteiger partial charge in [0, 0.05) is 35.2 Å². The first-order valence-electron chi connectivity index (χ1n) is 27.7. The number of nitrogens with one attached hydrogen (secondary N) is 4. The number of fused-ring (bicyclic) bond motifs is 2. The van der Waals surface area contributed by atoms with Crippen LogP contribution in [0.25, 0.3) is 33.7 Å². The predicted octanol–water partition coefficient (Wildman–Crippen LogP) is 7.60. The van der Waals surface area contributed by atoms with Crippen molar-refractivity contribution in [3.05, 3.63) is 145 Å². The second-order valence-electron chi connectivity index (χ2n) is 20.6. The van der Waals surface area contributed by atoms with Gasteiger partial charge in [0.25, 0.3) is 60.7 Å². The fourth-order valence-corrected chi connectivity index (χ4v) is 13.3. The number of benzene rings is 8. The minimum absolute atomic E-state index is 0.155. The van der Waals surface area contributed by atoms with Gasteiger partial charge in [-0.1, -0.05) is 60.7 Å². The molecule has 100 heavy (non-hydrogen) atoms. The highest BCUT2D eigenvalue weighted by molar-refractivity contribution is 7.87. The topological polar surface area (TPSA) is 611 Å². The minimum Gasteiger partial charge on any atom is -0.505 e. The number of rotatable bonds is 25. The quantitative estimate of drug-likeness (QED) is 0.0149. The number of nitrogen functional groups attached to an aromatic ring is 1. The molecule has 0 aliphatic heterocycles. The van der Waals surface area contributed by atoms with E-state index in [0.29, 0.717) is 0 Å². The molecule has 0 unspecified atom stereocenters. The van der Waals surface area contributed by atoms with Gasteiger partial charge in [-0.15, -0.1) is 10.2 Å². The van der Waals surface area contributed by atoms with Crippen LogP contribution in [0.5, 0.6) is 11.5 Å². The Morgan fingerprint density at radius 3 is 1.13 bits per heavy atom. The summed E-state index contributed by atoms with van der Waals surface area (Å²) in [5.74, 6) is -5.05. The van der Waals surface area contributed by atoms with E-state index in [9.17, 15) is 98.2 Å². The smallest absolute Gasteiger partial charge is 0.296 e. The summed E-state index contributed by atoms with van der Waals surface area (Å²) in [6, 6.07) is 26.2. The van der Waals surface area contributed by atoms with E-state index in [0.717, 1.165) is 72.8 Å². The number of anilines is 10. The molecule has 0 bridgehead atoms. The lowest BCUT2D eigenvalue weighted by Crippen LogP contribution is -2.31. The average Bonchev–Trinajstić information content (AvgIpc) is 0.752. The summed E-state index contributed by atoms with van der Waals surface area (Å²) < 4.78 is 215. The predicted molar refractivity (Wildman–Crippen MR) is 357 cm³/mol. The highest BCUT2D eigenvalue weighted by atomic mass is 32.2. The maximum absolute atomic E-state index is 13.1. The number of phenolic OH excluding ortho intramolecular Hbond substituents is 2. The number of aromatic hydroxyl groups is 2. The largest absolute Gasteiger partial charge is 0.505 e. The molecule has 10 aromatic rings. The molecular weight excluding hydrogens is 1440 g/mol. The lowest BCUT2D eigenvalue weighted by Gasteiger charge is -2.22. The molecule has 0 aliphatic rings. The molecule has 0 amide bonds. The zero-order chi connectivity index (χ0) is 72.4. The van der Waals surface area contributed by atoms with Gasteiger partial charge in [0.05, 0.1) is 45.8 Å². The zero-order valence-electron chi connectivity index (χ0n) is 50.0. The molecule has 520 valence electrons. The summed E-state index contributed by atoms with van der Waals surface area (Å²) >= 11 is 0. The van der Waals surface area contributed by atoms with Gasteiger partial charge in [0.1, 0.15) is 31.0 Å². The molecule has 0 saturated heterocycles. The fraction of sp³-hybridized carbons (Fsp3) is 0.0714. The van der Waals surface area contributed by atoms with Crippen molar-refractivity contribution in [3.8, 4) is 11.5 Å². The first-order valence-corrected chi connectivity index (χ1v) is 36.3. The van der Waals surface area contributed by atoms with Crippen LogP contribution in [-0.4, -0.2) is 154 Å². The molecule has 38 nitrogen and oxygen atoms in total. The first kappa shape index (κ1) is 71.8. The van der Waals surface area contributed by atoms with Gasteiger partial charge in [-0.2, -0.15) is 90.6 Å². The summed E-state index contributed by atoms with van der Waals surface area (Å²) in [5, 5.41) is 67.7. The summed E-state index contributed by atoms with van der Waals surface area (Å²) in [6.45, 7) is -1.63. The van der Waals surface area contributed by atoms with Crippen LogP contribution >= 0.6 is 0 Å². The number of phenols is 2. The second-order valence-corrected chi connectivity index (χ2v) is 29.0. The van der Waals surface area contributed by atoms with Crippen molar-refractivity contribution in [2.75, 3.05) is 58.2 Å². The van der Waals surface area contributed by atoms with Crippen LogP contribution in [0.15, 0.2) is 183 Å². The number of nitrogens with two attached hydrogens (primary N) is 1. The third kappa shape index (κ3) is 16.8. The van der Waals surface area contributed by atoms with Gasteiger partial charge in [-0.25, -0.2) is 0 Å². The maximum atomic E-state index is 13.1. The number of nitrogens with zero attached hydrogens (tertiary/aromatic N) is 11. The van der Waals surface area contributed by atoms with Crippen molar-refractivity contribution < 1.29 is 98.2 Å². The van der Waals surface area contributed by atoms with E-state index >= 15 is 0 Å². The molecule has 10 rings (SSSR count). The minimum atomic E-state index is -5.28. The van der Waals surface area contributed by atoms with E-state index < -0.39 is 189 Å². The monoisotopic (exact) mass is 1490 g/mol. The SMILES string of the molecule is Nc1nc(Nc2ccc(/C=C/c3ccc(Nc4nc(Nc5cc(S(=O)(=O)O)cc6cc(S(=O)(=O)O)c(N=Nc7ccccc7)c(O)c56)nc(N(CCO)CCO)n4)cc3S(=O)(=O)O)c(S(=O)(=O)O)c2)nc(Nc2cc(S(=O)(=O)O)cc3cc(S(=O)(=O)O)c(N=Nc4ccccc4)c(O)c23)n1. The Bertz CT molecular complexity index is 5770. The molecule has 0 saturated carbocycles. The number of azo groups is 2. The Kier molecular flexibility index (Phi) is 20.2. The Morgan fingerprint density at radius 2 is 0.770 bits per heavy atom. The number of hydrogen-bond donors (Lipinski definition) is 15. The van der Waals surface area contributed by atoms with Crippen molar-refractivity contribution in [1.29, 1.82) is 0 Å². The maximum Gasteiger partial charge on any atom is 0.296 e. The normalized spacial score (nSPS) is 12.6. The van der Waals surface area contributed by atoms with Gasteiger partial charge < -0.3 is 52.3 Å². The Labute approximate surface area is 564 Å². The molecule has 0 radical (unpaired) electrons. The number of aliphatic hydroxyl groups is 2. The Hall–Kier alpha value is -11.0. The molecule has 0 fully saturated rings. The average molecular weight is 1490 g/mol. The third-order valence-corrected chi connectivity index (χ3v) is 19.0. The van der Waals surface area contributed by atoms with E-state index in [1.807, 2.05) is 0 Å². The van der Waals surface area contributed by atoms with E-state index in [1.165, 1.54) is 41.3 Å². The lowest BCUT2D eigenvalue weighted by atomic mass is 10.1. The standard InChI is InChI=1S/C56H48N16O22S6/c57-51-62-52(64-54(63-51)60-39-27-37(95(77,78)79)21-31-23-43(99(89,90)91)47(49(75)45(31)39)70-68-33-7-3-1-4-8-33)58-35-15-13-29(41(25-35)97(83,84)85)11-12-30-14-16-36(26-42(30)98(86,87)88)59-53-65-55(67-56(66-53)72(17-19-73)18-20-74)61-40-28-38(96(80,81)82)22-32-24-44(100(92,93)94)48(50(76)46(32)40)71-69-34-9-5-2-6-10-34/h1-16,21-28,73-76H,17-20H2,(H,77,78,79)(H,80,81,82)(H,83,84,85)(H,86,87,88)(H,89,90,91)(H,92,93,94)(H2,59,61,65,66,67)(H4,57,58,60,62,63,64)/b12-11+,70-68?,71-69?. The van der Waals surface area contributed by atoms with E-state index in [1.54, 1.807) is 36.4 Å². The van der Waals surface area contributed by atoms with Crippen LogP contribution in [-0.2, 0) is 60.7 Å². The highest BCUT2D eigenvalue weighted by Gasteiger charge is 2.29. The van der Waals surface area contributed by atoms with Gasteiger partial charge in [0.2, 0.25) is 35.7 Å². The summed E-state index contributed by atoms with van der Waals surface area (Å²) in [7, 11) is -31.3. The van der Waals surface area contributed by atoms with Crippen molar-refractivity contribution in [2.45, 2.75) is 29.4 Å². The van der Waals surface area contributed by atoms with Crippen molar-refractivity contribution in [1.82, 2.24) is 29.9 Å². The molecule has 0 spiro atoms. The number of aromatic nitrogens is 6. The lowest BCUT2D eigenvalue weighted by molar-refractivity contribution is 0.280. The number of aliphatic hydroxyl groups excluding tert-OH is 2. The van der Waals surface area contributed by atoms with Gasteiger partial charge >= 0.3 is 0 Å². The van der Waals surface area contributed by atoms with E-state index in [2.05, 4.69) is 71.6 Å². The first-order chi connectivity index (χ1) is 46.9. The van der Waals surface area contributed by atoms with Crippen LogP contribution < -0.4 is 31.9 Å². The van der Waals surface area contributed by atoms with Crippen molar-refractivity contribution in [2.24, 2.45) is 20.5 Å². The van der Waals surface area contributed by atoms with Crippen LogP contribution in [0.4, 0.5) is 81.2 Å². The summed E-state index contributed by atoms with van der Waals surface area (Å²) in [5.41, 5.74) is 2.66. The van der Waals surface area contributed by atoms with Crippen LogP contribution in [0.3, 0.4) is 0 Å². The molecule has 16 N–H and O–H groups in total. The van der Waals surface area contributed by atoms with Gasteiger partial charge in [-0.05, 0) is 107 Å². The third-order valence-electron chi connectivity index (χ3n) is 13.8. The molecule has 0 aliphatic carbocycles. The van der Waals surface area contributed by atoms with Gasteiger partial charge in [-0.3, -0.25) is 27.3 Å². The zero-order valence-corrected chi connectivity index (χ0v) is 54.9. The Morgan fingerprint density at radius 1 is 0.410 bits per heavy atom. The highest BCUT2D eigenvalue weighted by Crippen LogP contribution is 2.48. The summed E-state index contributed by atoms with van der Waals surface area (Å²) in [6.07, 6.45) is 2.04. The van der Waals surface area contributed by atoms with Crippen molar-refractivity contribution >= 4 is 176 Å². The molecule has 8 aromatic carbocycles. The Balaban J connectivity index is 0.975.